The predicted octanol–water partition coefficient (Wildman–Crippen LogP) is 3.56. The maximum absolute atomic E-state index is 12.4. The Morgan fingerprint density at radius 1 is 0.879 bits per heavy atom. The lowest BCUT2D eigenvalue weighted by atomic mass is 10.1. The van der Waals surface area contributed by atoms with Crippen LogP contribution in [0.25, 0.3) is 0 Å². The summed E-state index contributed by atoms with van der Waals surface area (Å²) in [5.41, 5.74) is 0.139. The van der Waals surface area contributed by atoms with E-state index in [9.17, 15) is 14.4 Å². The zero-order chi connectivity index (χ0) is 23.7. The minimum Gasteiger partial charge on any atom is -0.469 e. The highest BCUT2D eigenvalue weighted by Gasteiger charge is 2.47. The molecule has 0 heterocycles. The van der Waals surface area contributed by atoms with Gasteiger partial charge in [-0.3, -0.25) is 10.1 Å². The Morgan fingerprint density at radius 2 is 1.36 bits per heavy atom. The first-order chi connectivity index (χ1) is 15.9. The molecule has 1 amide bonds. The maximum atomic E-state index is 12.4. The predicted molar refractivity (Wildman–Crippen MR) is 131 cm³/mol. The van der Waals surface area contributed by atoms with Gasteiger partial charge in [0.2, 0.25) is 0 Å². The number of hydrogen-bond donors (Lipinski definition) is 2. The molecule has 172 valence electrons. The number of esters is 1. The first kappa shape index (κ1) is 24.2. The quantitative estimate of drug-likeness (QED) is 0.374. The molecule has 0 aliphatic rings. The number of carbonyl (C=O) groups excluding carboxylic acids is 2. The highest BCUT2D eigenvalue weighted by Crippen LogP contribution is 2.32. The van der Waals surface area contributed by atoms with Gasteiger partial charge in [0, 0.05) is 17.6 Å². The van der Waals surface area contributed by atoms with E-state index >= 15 is 0 Å². The molecule has 0 radical (unpaired) electrons. The minimum absolute atomic E-state index is 0.00778. The molecule has 7 heteroatoms. The van der Waals surface area contributed by atoms with Crippen LogP contribution in [0.2, 0.25) is 5.54 Å². The van der Waals surface area contributed by atoms with Crippen molar-refractivity contribution in [1.82, 2.24) is 0 Å². The largest absolute Gasteiger partial charge is 0.469 e. The summed E-state index contributed by atoms with van der Waals surface area (Å²) < 4.78 is 10.4. The number of hydrogen-bond acceptors (Lipinski definition) is 5. The van der Waals surface area contributed by atoms with Crippen molar-refractivity contribution in [2.24, 2.45) is 5.92 Å². The minimum atomic E-state index is -3.43. The number of ether oxygens (including phenoxy) is 2. The fourth-order valence-electron chi connectivity index (χ4n) is 4.00. The molecule has 0 aromatic heterocycles. The second kappa shape index (κ2) is 11.4. The van der Waals surface area contributed by atoms with Crippen LogP contribution in [0.3, 0.4) is 0 Å². The highest BCUT2D eigenvalue weighted by molar-refractivity contribution is 6.97. The van der Waals surface area contributed by atoms with Crippen molar-refractivity contribution in [2.75, 3.05) is 19.0 Å². The van der Waals surface area contributed by atoms with Gasteiger partial charge in [-0.05, 0) is 28.4 Å². The lowest BCUT2D eigenvalue weighted by molar-refractivity contribution is -0.141. The summed E-state index contributed by atoms with van der Waals surface area (Å²) in [6.07, 6.45) is -0.581. The van der Waals surface area contributed by atoms with E-state index in [1.54, 1.807) is 12.1 Å². The van der Waals surface area contributed by atoms with E-state index in [1.807, 2.05) is 85.8 Å². The van der Waals surface area contributed by atoms with E-state index in [-0.39, 0.29) is 18.9 Å². The molecule has 0 aliphatic carbocycles. The number of benzene rings is 3. The van der Waals surface area contributed by atoms with Crippen molar-refractivity contribution in [2.45, 2.75) is 18.9 Å². The smallest absolute Gasteiger partial charge is 0.411 e. The third-order valence-electron chi connectivity index (χ3n) is 5.76. The zero-order valence-electron chi connectivity index (χ0n) is 18.8. The number of nitrogens with one attached hydrogen (secondary N) is 1. The van der Waals surface area contributed by atoms with Crippen LogP contribution in [0.4, 0.5) is 10.5 Å². The van der Waals surface area contributed by atoms with Gasteiger partial charge < -0.3 is 14.3 Å². The highest BCUT2D eigenvalue weighted by atomic mass is 28.4. The summed E-state index contributed by atoms with van der Waals surface area (Å²) in [5, 5.41) is 4.25. The number of para-hydroxylation sites is 1. The number of anilines is 1. The first-order valence-electron chi connectivity index (χ1n) is 10.8. The lowest BCUT2D eigenvalue weighted by Gasteiger charge is -2.37. The van der Waals surface area contributed by atoms with Crippen molar-refractivity contribution in [3.63, 3.8) is 0 Å². The molecule has 0 fully saturated rings. The van der Waals surface area contributed by atoms with Crippen molar-refractivity contribution in [3.8, 4) is 0 Å². The van der Waals surface area contributed by atoms with Crippen molar-refractivity contribution in [3.05, 3.63) is 91.0 Å². The van der Waals surface area contributed by atoms with Gasteiger partial charge in [-0.2, -0.15) is 0 Å². The van der Waals surface area contributed by atoms with E-state index in [1.165, 1.54) is 7.11 Å². The number of rotatable bonds is 9. The molecule has 0 unspecified atom stereocenters. The second-order valence-electron chi connectivity index (χ2n) is 7.95. The van der Waals surface area contributed by atoms with Crippen LogP contribution in [0.1, 0.15) is 13.3 Å². The summed E-state index contributed by atoms with van der Waals surface area (Å²) in [5.74, 6) is -0.735. The Morgan fingerprint density at radius 3 is 1.85 bits per heavy atom. The Labute approximate surface area is 195 Å². The van der Waals surface area contributed by atoms with Crippen LogP contribution in [-0.4, -0.2) is 38.9 Å². The van der Waals surface area contributed by atoms with Crippen LogP contribution in [0.5, 0.6) is 0 Å². The summed E-state index contributed by atoms with van der Waals surface area (Å²) in [6.45, 7) is 1.92. The molecule has 0 saturated carbocycles. The van der Waals surface area contributed by atoms with Gasteiger partial charge in [0.05, 0.1) is 13.7 Å². The average Bonchev–Trinajstić information content (AvgIpc) is 2.87. The molecule has 3 rings (SSSR count). The summed E-state index contributed by atoms with van der Waals surface area (Å²) in [4.78, 5) is 37.0. The van der Waals surface area contributed by atoms with Gasteiger partial charge in [-0.25, -0.2) is 4.79 Å². The molecule has 2 atom stereocenters. The third kappa shape index (κ3) is 6.09. The van der Waals surface area contributed by atoms with E-state index < -0.39 is 25.9 Å². The normalized spacial score (nSPS) is 12.9. The topological polar surface area (TPSA) is 84.9 Å². The van der Waals surface area contributed by atoms with Crippen molar-refractivity contribution < 1.29 is 23.9 Å². The van der Waals surface area contributed by atoms with Gasteiger partial charge in [0.15, 0.2) is 0 Å². The molecule has 3 aromatic carbocycles. The van der Waals surface area contributed by atoms with Crippen LogP contribution in [-0.2, 0) is 14.3 Å². The van der Waals surface area contributed by atoms with E-state index in [2.05, 4.69) is 5.32 Å². The number of amides is 1. The summed E-state index contributed by atoms with van der Waals surface area (Å²) >= 11 is 0. The first-order valence-corrected chi connectivity index (χ1v) is 12.9. The molecule has 0 spiro atoms. The van der Waals surface area contributed by atoms with Crippen LogP contribution in [0, 0.1) is 5.92 Å². The third-order valence-corrected chi connectivity index (χ3v) is 10.0. The lowest BCUT2D eigenvalue weighted by Crippen LogP contribution is -2.64. The molecule has 0 bridgehead atoms. The van der Waals surface area contributed by atoms with Gasteiger partial charge in [0.1, 0.15) is 0 Å². The van der Waals surface area contributed by atoms with Crippen LogP contribution < -0.4 is 15.7 Å². The van der Waals surface area contributed by atoms with Gasteiger partial charge in [0.25, 0.3) is 8.32 Å². The molecule has 2 N–H and O–H groups in total. The molecule has 33 heavy (non-hydrogen) atoms. The fourth-order valence-corrected chi connectivity index (χ4v) is 7.97. The molecule has 0 aliphatic heterocycles. The molecule has 0 saturated heterocycles. The van der Waals surface area contributed by atoms with Crippen molar-refractivity contribution >= 4 is 36.4 Å². The zero-order valence-corrected chi connectivity index (χ0v) is 19.8. The monoisotopic (exact) mass is 463 g/mol. The van der Waals surface area contributed by atoms with Gasteiger partial charge >= 0.3 is 12.1 Å². The fraction of sp³-hybridized carbons (Fsp3) is 0.231. The Balaban J connectivity index is 1.88. The maximum Gasteiger partial charge on any atom is 0.411 e. The van der Waals surface area contributed by atoms with Crippen LogP contribution >= 0.6 is 0 Å². The van der Waals surface area contributed by atoms with E-state index in [4.69, 9.17) is 9.47 Å². The van der Waals surface area contributed by atoms with Gasteiger partial charge in [-0.1, -0.05) is 85.8 Å². The second-order valence-corrected chi connectivity index (χ2v) is 11.4. The molecule has 6 nitrogen and oxygen atoms in total. The SMILES string of the molecule is COC(=O)C[C@@H]([C@H](C)COC(=O)Nc1ccccc1)[Si](O)(c1ccccc1)c1ccccc1. The summed E-state index contributed by atoms with van der Waals surface area (Å²) in [7, 11) is -2.10. The van der Waals surface area contributed by atoms with E-state index in [0.717, 1.165) is 10.4 Å². The molecular formula is C26H29NO5Si. The number of carbonyl (C=O) groups is 2. The Hall–Kier alpha value is -3.42. The number of methoxy groups -OCH3 is 1. The van der Waals surface area contributed by atoms with Gasteiger partial charge in [-0.15, -0.1) is 0 Å². The van der Waals surface area contributed by atoms with Crippen molar-refractivity contribution in [1.29, 1.82) is 0 Å². The van der Waals surface area contributed by atoms with E-state index in [0.29, 0.717) is 5.69 Å². The molecule has 3 aromatic rings. The Kier molecular flexibility index (Phi) is 8.40. The van der Waals surface area contributed by atoms with Crippen LogP contribution in [0.15, 0.2) is 91.0 Å². The summed E-state index contributed by atoms with van der Waals surface area (Å²) in [6, 6.07) is 27.8. The standard InChI is InChI=1S/C26H29NO5Si/c1-20(19-32-26(29)27-21-12-6-3-7-13-21)24(18-25(28)31-2)33(30,22-14-8-4-9-15-22)23-16-10-5-11-17-23/h3-17,20,24,30H,18-19H2,1-2H3,(H,27,29)/t20-,24+/m1/s1. The average molecular weight is 464 g/mol. The molecular weight excluding hydrogens is 434 g/mol. The Bertz CT molecular complexity index is 991.